The minimum absolute atomic E-state index is 0.143. The predicted molar refractivity (Wildman–Crippen MR) is 101 cm³/mol. The second-order valence-corrected chi connectivity index (χ2v) is 7.40. The Balaban J connectivity index is 1.58. The molecule has 7 nitrogen and oxygen atoms in total. The maximum absolute atomic E-state index is 12.5. The third-order valence-electron chi connectivity index (χ3n) is 4.48. The molecule has 0 spiro atoms. The van der Waals surface area contributed by atoms with Crippen LogP contribution in [0.5, 0.6) is 5.75 Å². The second-order valence-electron chi connectivity index (χ2n) is 7.40. The molecule has 2 aromatic rings. The van der Waals surface area contributed by atoms with Crippen molar-refractivity contribution in [3.05, 3.63) is 36.1 Å². The van der Waals surface area contributed by atoms with E-state index in [1.807, 2.05) is 45.0 Å². The summed E-state index contributed by atoms with van der Waals surface area (Å²) in [5.41, 5.74) is 0.914. The molecule has 2 amide bonds. The molecule has 0 atom stereocenters. The fourth-order valence-electron chi connectivity index (χ4n) is 2.92. The molecule has 0 aliphatic carbocycles. The van der Waals surface area contributed by atoms with Crippen LogP contribution in [0.25, 0.3) is 0 Å². The second kappa shape index (κ2) is 7.27. The number of rotatable bonds is 3. The van der Waals surface area contributed by atoms with Crippen LogP contribution in [0, 0.1) is 0 Å². The molecule has 1 fully saturated rings. The number of hydrogen-bond acceptors (Lipinski definition) is 5. The van der Waals surface area contributed by atoms with Gasteiger partial charge in [-0.15, -0.1) is 0 Å². The van der Waals surface area contributed by atoms with Crippen LogP contribution >= 0.6 is 0 Å². The maximum atomic E-state index is 12.5. The first-order chi connectivity index (χ1) is 12.4. The Morgan fingerprint density at radius 3 is 2.50 bits per heavy atom. The van der Waals surface area contributed by atoms with Gasteiger partial charge in [0.25, 0.3) is 0 Å². The number of hydrogen-bond donors (Lipinski definition) is 1. The van der Waals surface area contributed by atoms with Crippen molar-refractivity contribution in [3.8, 4) is 5.75 Å². The summed E-state index contributed by atoms with van der Waals surface area (Å²) in [7, 11) is 1.67. The van der Waals surface area contributed by atoms with Gasteiger partial charge in [-0.05, 0) is 12.1 Å². The molecule has 1 saturated heterocycles. The molecule has 0 saturated carbocycles. The molecule has 0 radical (unpaired) electrons. The van der Waals surface area contributed by atoms with Gasteiger partial charge in [0, 0.05) is 37.7 Å². The molecular formula is C19H26N4O3. The zero-order valence-electron chi connectivity index (χ0n) is 15.8. The van der Waals surface area contributed by atoms with Gasteiger partial charge in [-0.2, -0.15) is 0 Å². The molecule has 1 N–H and O–H groups in total. The lowest BCUT2D eigenvalue weighted by atomic mass is 9.93. The average Bonchev–Trinajstić information content (AvgIpc) is 3.10. The van der Waals surface area contributed by atoms with Crippen LogP contribution in [0.1, 0.15) is 26.5 Å². The van der Waals surface area contributed by atoms with Gasteiger partial charge in [-0.25, -0.2) is 4.79 Å². The predicted octanol–water partition coefficient (Wildman–Crippen LogP) is 3.33. The molecule has 140 valence electrons. The number of nitrogens with one attached hydrogen (secondary N) is 1. The van der Waals surface area contributed by atoms with Crippen molar-refractivity contribution in [2.24, 2.45) is 0 Å². The van der Waals surface area contributed by atoms with Crippen LogP contribution in [0.4, 0.5) is 16.3 Å². The van der Waals surface area contributed by atoms with Crippen molar-refractivity contribution < 1.29 is 14.1 Å². The number of piperazine rings is 1. The van der Waals surface area contributed by atoms with E-state index in [2.05, 4.69) is 15.4 Å². The number of aromatic nitrogens is 1. The normalized spacial score (nSPS) is 15.1. The lowest BCUT2D eigenvalue weighted by molar-refractivity contribution is 0.208. The van der Waals surface area contributed by atoms with Gasteiger partial charge in [0.1, 0.15) is 11.5 Å². The number of benzene rings is 1. The lowest BCUT2D eigenvalue weighted by Crippen LogP contribution is -2.50. The fourth-order valence-corrected chi connectivity index (χ4v) is 2.92. The Bertz CT molecular complexity index is 758. The maximum Gasteiger partial charge on any atom is 0.323 e. The highest BCUT2D eigenvalue weighted by molar-refractivity contribution is 5.88. The fraction of sp³-hybridized carbons (Fsp3) is 0.474. The van der Waals surface area contributed by atoms with E-state index in [4.69, 9.17) is 9.26 Å². The highest BCUT2D eigenvalue weighted by Gasteiger charge is 2.25. The minimum Gasteiger partial charge on any atom is -0.495 e. The van der Waals surface area contributed by atoms with Gasteiger partial charge < -0.3 is 19.1 Å². The van der Waals surface area contributed by atoms with E-state index in [1.165, 1.54) is 0 Å². The minimum atomic E-state index is -0.154. The van der Waals surface area contributed by atoms with Crippen molar-refractivity contribution >= 4 is 17.5 Å². The number of methoxy groups -OCH3 is 1. The molecule has 2 heterocycles. The quantitative estimate of drug-likeness (QED) is 0.911. The molecule has 26 heavy (non-hydrogen) atoms. The first-order valence-electron chi connectivity index (χ1n) is 8.79. The monoisotopic (exact) mass is 358 g/mol. The standard InChI is InChI=1S/C19H26N4O3/c1-19(2,3)16-13-17(21-26-16)20-18(24)23-11-9-22(10-12-23)14-7-5-6-8-15(14)25-4/h5-8,13H,9-12H2,1-4H3,(H,20,21,24). The first-order valence-corrected chi connectivity index (χ1v) is 8.79. The SMILES string of the molecule is COc1ccccc1N1CCN(C(=O)Nc2cc(C(C)(C)C)on2)CC1. The third-order valence-corrected chi connectivity index (χ3v) is 4.48. The number of nitrogens with zero attached hydrogens (tertiary/aromatic N) is 3. The first kappa shape index (κ1) is 18.1. The Morgan fingerprint density at radius 2 is 1.88 bits per heavy atom. The Labute approximate surface area is 153 Å². The van der Waals surface area contributed by atoms with Crippen molar-refractivity contribution in [2.75, 3.05) is 43.5 Å². The zero-order chi connectivity index (χ0) is 18.7. The van der Waals surface area contributed by atoms with Crippen molar-refractivity contribution in [1.82, 2.24) is 10.1 Å². The van der Waals surface area contributed by atoms with E-state index in [0.717, 1.165) is 30.3 Å². The number of ether oxygens (including phenoxy) is 1. The summed E-state index contributed by atoms with van der Waals surface area (Å²) >= 11 is 0. The average molecular weight is 358 g/mol. The van der Waals surface area contributed by atoms with Crippen molar-refractivity contribution in [3.63, 3.8) is 0 Å². The topological polar surface area (TPSA) is 70.8 Å². The van der Waals surface area contributed by atoms with Gasteiger partial charge >= 0.3 is 6.03 Å². The Kier molecular flexibility index (Phi) is 5.06. The van der Waals surface area contributed by atoms with Crippen molar-refractivity contribution in [1.29, 1.82) is 0 Å². The third kappa shape index (κ3) is 3.92. The van der Waals surface area contributed by atoms with Gasteiger partial charge in [-0.1, -0.05) is 38.1 Å². The van der Waals surface area contributed by atoms with Gasteiger partial charge in [0.2, 0.25) is 0 Å². The highest BCUT2D eigenvalue weighted by atomic mass is 16.5. The summed E-state index contributed by atoms with van der Waals surface area (Å²) in [6.07, 6.45) is 0. The number of para-hydroxylation sites is 2. The molecule has 1 aromatic heterocycles. The summed E-state index contributed by atoms with van der Waals surface area (Å²) in [6.45, 7) is 8.88. The largest absolute Gasteiger partial charge is 0.495 e. The van der Waals surface area contributed by atoms with E-state index in [9.17, 15) is 4.79 Å². The van der Waals surface area contributed by atoms with Crippen LogP contribution in [0.15, 0.2) is 34.9 Å². The highest BCUT2D eigenvalue weighted by Crippen LogP contribution is 2.28. The molecule has 0 bridgehead atoms. The summed E-state index contributed by atoms with van der Waals surface area (Å²) in [6, 6.07) is 9.56. The molecule has 0 unspecified atom stereocenters. The van der Waals surface area contributed by atoms with Crippen LogP contribution in [-0.4, -0.2) is 49.4 Å². The van der Waals surface area contributed by atoms with Gasteiger partial charge in [0.05, 0.1) is 12.8 Å². The summed E-state index contributed by atoms with van der Waals surface area (Å²) < 4.78 is 10.7. The van der Waals surface area contributed by atoms with E-state index < -0.39 is 0 Å². The van der Waals surface area contributed by atoms with Crippen LogP contribution in [0.3, 0.4) is 0 Å². The molecule has 1 aromatic carbocycles. The van der Waals surface area contributed by atoms with Crippen LogP contribution in [-0.2, 0) is 5.41 Å². The molecule has 3 rings (SSSR count). The van der Waals surface area contributed by atoms with Gasteiger partial charge in [-0.3, -0.25) is 5.32 Å². The molecule has 1 aliphatic heterocycles. The zero-order valence-corrected chi connectivity index (χ0v) is 15.8. The summed E-state index contributed by atoms with van der Waals surface area (Å²) in [5.74, 6) is 2.04. The Morgan fingerprint density at radius 1 is 1.19 bits per heavy atom. The number of carbonyl (C=O) groups excluding carboxylic acids is 1. The summed E-state index contributed by atoms with van der Waals surface area (Å²) in [4.78, 5) is 16.5. The van der Waals surface area contributed by atoms with E-state index in [0.29, 0.717) is 18.9 Å². The molecule has 7 heteroatoms. The van der Waals surface area contributed by atoms with Gasteiger partial charge in [0.15, 0.2) is 5.82 Å². The number of urea groups is 1. The van der Waals surface area contributed by atoms with Crippen molar-refractivity contribution in [2.45, 2.75) is 26.2 Å². The Hall–Kier alpha value is -2.70. The van der Waals surface area contributed by atoms with Crippen LogP contribution < -0.4 is 15.0 Å². The van der Waals surface area contributed by atoms with Crippen LogP contribution in [0.2, 0.25) is 0 Å². The number of carbonyl (C=O) groups is 1. The number of anilines is 2. The van der Waals surface area contributed by atoms with E-state index >= 15 is 0 Å². The lowest BCUT2D eigenvalue weighted by Gasteiger charge is -2.36. The molecular weight excluding hydrogens is 332 g/mol. The summed E-state index contributed by atoms with van der Waals surface area (Å²) in [5, 5.41) is 6.76. The smallest absolute Gasteiger partial charge is 0.323 e. The molecule has 1 aliphatic rings. The van der Waals surface area contributed by atoms with E-state index in [1.54, 1.807) is 18.1 Å². The number of amides is 2. The van der Waals surface area contributed by atoms with E-state index in [-0.39, 0.29) is 11.4 Å².